The van der Waals surface area contributed by atoms with E-state index in [4.69, 9.17) is 14.2 Å². The molecular formula is C30H36FN3O7. The van der Waals surface area contributed by atoms with E-state index in [0.29, 0.717) is 29.1 Å². The molecule has 0 unspecified atom stereocenters. The summed E-state index contributed by atoms with van der Waals surface area (Å²) >= 11 is 0. The summed E-state index contributed by atoms with van der Waals surface area (Å²) in [6.45, 7) is 8.68. The zero-order chi connectivity index (χ0) is 30.3. The van der Waals surface area contributed by atoms with Gasteiger partial charge < -0.3 is 24.6 Å². The third-order valence-corrected chi connectivity index (χ3v) is 5.75. The van der Waals surface area contributed by atoms with Crippen molar-refractivity contribution in [1.29, 1.82) is 0 Å². The minimum Gasteiger partial charge on any atom is -0.496 e. The van der Waals surface area contributed by atoms with Crippen molar-refractivity contribution < 1.29 is 38.1 Å². The number of rotatable bonds is 12. The number of carbonyl (C=O) groups is 3. The Morgan fingerprint density at radius 3 is 2.32 bits per heavy atom. The van der Waals surface area contributed by atoms with E-state index in [2.05, 4.69) is 10.4 Å². The van der Waals surface area contributed by atoms with Crippen LogP contribution in [0.25, 0.3) is 16.9 Å². The molecule has 3 aromatic rings. The van der Waals surface area contributed by atoms with Gasteiger partial charge in [-0.3, -0.25) is 9.59 Å². The number of aromatic nitrogens is 2. The molecule has 3 rings (SSSR count). The van der Waals surface area contributed by atoms with E-state index < -0.39 is 41.9 Å². The Labute approximate surface area is 238 Å². The lowest BCUT2D eigenvalue weighted by Crippen LogP contribution is -2.39. The summed E-state index contributed by atoms with van der Waals surface area (Å²) in [5, 5.41) is 16.6. The van der Waals surface area contributed by atoms with Crippen LogP contribution in [0.1, 0.15) is 57.9 Å². The molecule has 0 spiro atoms. The molecule has 0 aliphatic carbocycles. The number of aliphatic carboxylic acids is 1. The van der Waals surface area contributed by atoms with Gasteiger partial charge in [0.1, 0.15) is 22.9 Å². The molecule has 0 aliphatic heterocycles. The number of benzene rings is 2. The molecule has 11 heteroatoms. The van der Waals surface area contributed by atoms with Gasteiger partial charge in [-0.25, -0.2) is 13.9 Å². The number of esters is 1. The van der Waals surface area contributed by atoms with Gasteiger partial charge in [-0.05, 0) is 75.6 Å². The Kier molecular flexibility index (Phi) is 10.1. The van der Waals surface area contributed by atoms with E-state index in [9.17, 15) is 23.9 Å². The summed E-state index contributed by atoms with van der Waals surface area (Å²) in [5.74, 6) is -1.90. The molecule has 0 fully saturated rings. The van der Waals surface area contributed by atoms with Crippen LogP contribution in [-0.4, -0.2) is 58.1 Å². The SMILES string of the molecule is COc1cccc(OCC(=O)O)c1-c1cc(C(=O)N[C@H](CC(=O)OC(C)(C)C)CC(C)C)nn1-c1ccc(F)cc1. The highest BCUT2D eigenvalue weighted by Gasteiger charge is 2.26. The summed E-state index contributed by atoms with van der Waals surface area (Å²) in [6, 6.07) is 11.3. The van der Waals surface area contributed by atoms with Crippen LogP contribution >= 0.6 is 0 Å². The van der Waals surface area contributed by atoms with Gasteiger partial charge in [0.05, 0.1) is 30.5 Å². The van der Waals surface area contributed by atoms with Crippen molar-refractivity contribution in [2.75, 3.05) is 13.7 Å². The van der Waals surface area contributed by atoms with E-state index in [1.54, 1.807) is 39.0 Å². The van der Waals surface area contributed by atoms with Crippen LogP contribution in [0.5, 0.6) is 11.5 Å². The molecule has 10 nitrogen and oxygen atoms in total. The summed E-state index contributed by atoms with van der Waals surface area (Å²) in [5.41, 5.74) is 0.466. The maximum Gasteiger partial charge on any atom is 0.341 e. The number of nitrogens with one attached hydrogen (secondary N) is 1. The smallest absolute Gasteiger partial charge is 0.341 e. The summed E-state index contributed by atoms with van der Waals surface area (Å²) in [4.78, 5) is 37.3. The summed E-state index contributed by atoms with van der Waals surface area (Å²) < 4.78 is 31.7. The van der Waals surface area contributed by atoms with Crippen LogP contribution in [0.4, 0.5) is 4.39 Å². The molecule has 0 saturated heterocycles. The van der Waals surface area contributed by atoms with Gasteiger partial charge in [-0.2, -0.15) is 5.10 Å². The fourth-order valence-corrected chi connectivity index (χ4v) is 4.25. The number of hydrogen-bond acceptors (Lipinski definition) is 7. The maximum atomic E-state index is 13.7. The predicted molar refractivity (Wildman–Crippen MR) is 150 cm³/mol. The largest absolute Gasteiger partial charge is 0.496 e. The highest BCUT2D eigenvalue weighted by Crippen LogP contribution is 2.39. The second-order valence-electron chi connectivity index (χ2n) is 10.9. The first-order chi connectivity index (χ1) is 19.3. The molecule has 1 atom stereocenters. The summed E-state index contributed by atoms with van der Waals surface area (Å²) in [7, 11) is 1.44. The van der Waals surface area contributed by atoms with Crippen molar-refractivity contribution in [3.63, 3.8) is 0 Å². The first-order valence-electron chi connectivity index (χ1n) is 13.2. The number of carboxylic acid groups (broad SMARTS) is 1. The number of nitrogens with zero attached hydrogens (tertiary/aromatic N) is 2. The lowest BCUT2D eigenvalue weighted by Gasteiger charge is -2.23. The van der Waals surface area contributed by atoms with Crippen molar-refractivity contribution in [1.82, 2.24) is 15.1 Å². The van der Waals surface area contributed by atoms with Crippen LogP contribution in [0.3, 0.4) is 0 Å². The molecule has 1 heterocycles. The van der Waals surface area contributed by atoms with Crippen molar-refractivity contribution in [2.45, 2.75) is 59.1 Å². The minimum absolute atomic E-state index is 0.0114. The normalized spacial score (nSPS) is 12.1. The molecule has 0 radical (unpaired) electrons. The Morgan fingerprint density at radius 1 is 1.07 bits per heavy atom. The molecular weight excluding hydrogens is 533 g/mol. The Balaban J connectivity index is 2.06. The first-order valence-corrected chi connectivity index (χ1v) is 13.2. The Bertz CT molecular complexity index is 1380. The number of amides is 1. The zero-order valence-electron chi connectivity index (χ0n) is 24.1. The van der Waals surface area contributed by atoms with Crippen molar-refractivity contribution in [3.8, 4) is 28.4 Å². The Hall–Kier alpha value is -4.41. The minimum atomic E-state index is -1.17. The second kappa shape index (κ2) is 13.3. The maximum absolute atomic E-state index is 13.7. The van der Waals surface area contributed by atoms with E-state index in [-0.39, 0.29) is 23.8 Å². The number of ether oxygens (including phenoxy) is 3. The van der Waals surface area contributed by atoms with E-state index in [0.717, 1.165) is 0 Å². The van der Waals surface area contributed by atoms with Crippen molar-refractivity contribution >= 4 is 17.8 Å². The molecule has 0 aliphatic rings. The van der Waals surface area contributed by atoms with Gasteiger partial charge in [-0.1, -0.05) is 19.9 Å². The lowest BCUT2D eigenvalue weighted by atomic mass is 10.0. The average molecular weight is 570 g/mol. The fraction of sp³-hybridized carbons (Fsp3) is 0.400. The molecule has 2 N–H and O–H groups in total. The molecule has 2 aromatic carbocycles. The van der Waals surface area contributed by atoms with Crippen molar-refractivity contribution in [2.24, 2.45) is 5.92 Å². The van der Waals surface area contributed by atoms with Gasteiger partial charge in [0.2, 0.25) is 0 Å². The van der Waals surface area contributed by atoms with E-state index in [1.165, 1.54) is 42.1 Å². The molecule has 41 heavy (non-hydrogen) atoms. The third kappa shape index (κ3) is 8.79. The number of carbonyl (C=O) groups excluding carboxylic acids is 2. The van der Waals surface area contributed by atoms with Crippen LogP contribution in [0.2, 0.25) is 0 Å². The van der Waals surface area contributed by atoms with Gasteiger partial charge in [-0.15, -0.1) is 0 Å². The van der Waals surface area contributed by atoms with Crippen LogP contribution in [0, 0.1) is 11.7 Å². The first kappa shape index (κ1) is 31.1. The second-order valence-corrected chi connectivity index (χ2v) is 10.9. The number of carboxylic acids is 1. The van der Waals surface area contributed by atoms with Crippen molar-refractivity contribution in [3.05, 3.63) is 60.0 Å². The highest BCUT2D eigenvalue weighted by atomic mass is 19.1. The number of hydrogen-bond donors (Lipinski definition) is 2. The van der Waals surface area contributed by atoms with Gasteiger partial charge >= 0.3 is 11.9 Å². The number of methoxy groups -OCH3 is 1. The van der Waals surface area contributed by atoms with Crippen LogP contribution < -0.4 is 14.8 Å². The number of halogens is 1. The van der Waals surface area contributed by atoms with Gasteiger partial charge in [0.25, 0.3) is 5.91 Å². The molecule has 1 aromatic heterocycles. The Morgan fingerprint density at radius 2 is 1.73 bits per heavy atom. The monoisotopic (exact) mass is 569 g/mol. The molecule has 0 saturated carbocycles. The predicted octanol–water partition coefficient (Wildman–Crippen LogP) is 5.03. The quantitative estimate of drug-likeness (QED) is 0.291. The fourth-order valence-electron chi connectivity index (χ4n) is 4.25. The topological polar surface area (TPSA) is 129 Å². The standard InChI is InChI=1S/C30H36FN3O7/c1-18(2)14-20(15-27(37)41-30(3,4)5)32-29(38)22-16-23(34(33-22)21-12-10-19(31)11-13-21)28-24(39-6)8-7-9-25(28)40-17-26(35)36/h7-13,16,18,20H,14-15,17H2,1-6H3,(H,32,38)(H,35,36)/t20-/m0/s1. The average Bonchev–Trinajstić information content (AvgIpc) is 3.31. The zero-order valence-corrected chi connectivity index (χ0v) is 24.1. The molecule has 1 amide bonds. The lowest BCUT2D eigenvalue weighted by molar-refractivity contribution is -0.155. The van der Waals surface area contributed by atoms with Crippen LogP contribution in [-0.2, 0) is 14.3 Å². The third-order valence-electron chi connectivity index (χ3n) is 5.75. The van der Waals surface area contributed by atoms with E-state index in [1.807, 2.05) is 13.8 Å². The molecule has 220 valence electrons. The summed E-state index contributed by atoms with van der Waals surface area (Å²) in [6.07, 6.45) is 0.503. The van der Waals surface area contributed by atoms with Gasteiger partial charge in [0.15, 0.2) is 12.3 Å². The highest BCUT2D eigenvalue weighted by molar-refractivity contribution is 5.94. The van der Waals surface area contributed by atoms with Gasteiger partial charge in [0, 0.05) is 6.04 Å². The van der Waals surface area contributed by atoms with Crippen LogP contribution in [0.15, 0.2) is 48.5 Å². The molecule has 0 bridgehead atoms. The van der Waals surface area contributed by atoms with E-state index >= 15 is 0 Å².